The highest BCUT2D eigenvalue weighted by molar-refractivity contribution is 5.85. The van der Waals surface area contributed by atoms with E-state index >= 15 is 0 Å². The van der Waals surface area contributed by atoms with Crippen molar-refractivity contribution in [3.63, 3.8) is 0 Å². The summed E-state index contributed by atoms with van der Waals surface area (Å²) >= 11 is 0. The number of rotatable bonds is 6. The molecule has 0 aromatic heterocycles. The van der Waals surface area contributed by atoms with Gasteiger partial charge in [0.15, 0.2) is 5.96 Å². The number of hydrogen-bond donors (Lipinski definition) is 2. The molecular formula is C22H28N4O2. The van der Waals surface area contributed by atoms with Gasteiger partial charge in [-0.15, -0.1) is 0 Å². The fourth-order valence-electron chi connectivity index (χ4n) is 3.25. The third kappa shape index (κ3) is 5.25. The Labute approximate surface area is 166 Å². The molecule has 2 aromatic rings. The van der Waals surface area contributed by atoms with Crippen LogP contribution in [0.1, 0.15) is 23.6 Å². The van der Waals surface area contributed by atoms with Crippen LogP contribution in [0.5, 0.6) is 5.75 Å². The zero-order valence-electron chi connectivity index (χ0n) is 16.6. The standard InChI is InChI=1S/C22H28N4O2/c1-3-23-22(26-13-12-18-6-4-5-7-19(18)16-26)25-15-21(27)24-14-17-8-10-20(28-2)11-9-17/h4-11H,3,12-16H2,1-2H3,(H,23,25)(H,24,27). The van der Waals surface area contributed by atoms with Crippen molar-refractivity contribution in [2.75, 3.05) is 26.7 Å². The van der Waals surface area contributed by atoms with Crippen LogP contribution in [-0.2, 0) is 24.3 Å². The van der Waals surface area contributed by atoms with E-state index in [0.717, 1.165) is 43.3 Å². The van der Waals surface area contributed by atoms with Gasteiger partial charge in [-0.1, -0.05) is 36.4 Å². The van der Waals surface area contributed by atoms with Crippen molar-refractivity contribution in [3.8, 4) is 5.75 Å². The maximum atomic E-state index is 12.2. The first-order chi connectivity index (χ1) is 13.7. The van der Waals surface area contributed by atoms with Crippen molar-refractivity contribution in [3.05, 3.63) is 65.2 Å². The van der Waals surface area contributed by atoms with E-state index in [9.17, 15) is 4.79 Å². The number of guanidine groups is 1. The van der Waals surface area contributed by atoms with E-state index in [1.54, 1.807) is 7.11 Å². The van der Waals surface area contributed by atoms with Crippen LogP contribution in [0.3, 0.4) is 0 Å². The summed E-state index contributed by atoms with van der Waals surface area (Å²) in [5.74, 6) is 1.50. The molecule has 28 heavy (non-hydrogen) atoms. The van der Waals surface area contributed by atoms with Gasteiger partial charge in [-0.05, 0) is 42.2 Å². The molecule has 6 nitrogen and oxygen atoms in total. The van der Waals surface area contributed by atoms with Crippen LogP contribution in [0.15, 0.2) is 53.5 Å². The molecule has 0 unspecified atom stereocenters. The molecule has 0 atom stereocenters. The van der Waals surface area contributed by atoms with E-state index in [0.29, 0.717) is 6.54 Å². The number of methoxy groups -OCH3 is 1. The van der Waals surface area contributed by atoms with Gasteiger partial charge >= 0.3 is 0 Å². The van der Waals surface area contributed by atoms with Crippen molar-refractivity contribution in [1.29, 1.82) is 0 Å². The SMILES string of the molecule is CCNC(=NCC(=O)NCc1ccc(OC)cc1)N1CCc2ccccc2C1. The van der Waals surface area contributed by atoms with E-state index < -0.39 is 0 Å². The predicted octanol–water partition coefficient (Wildman–Crippen LogP) is 2.34. The summed E-state index contributed by atoms with van der Waals surface area (Å²) in [5, 5.41) is 6.23. The van der Waals surface area contributed by atoms with E-state index in [1.165, 1.54) is 11.1 Å². The van der Waals surface area contributed by atoms with E-state index in [1.807, 2.05) is 31.2 Å². The van der Waals surface area contributed by atoms with Crippen LogP contribution < -0.4 is 15.4 Å². The quantitative estimate of drug-likeness (QED) is 0.596. The van der Waals surface area contributed by atoms with E-state index in [2.05, 4.69) is 44.8 Å². The van der Waals surface area contributed by atoms with Gasteiger partial charge in [-0.2, -0.15) is 0 Å². The molecule has 1 aliphatic rings. The van der Waals surface area contributed by atoms with Gasteiger partial charge in [-0.3, -0.25) is 4.79 Å². The topological polar surface area (TPSA) is 66.0 Å². The number of ether oxygens (including phenoxy) is 1. The average Bonchev–Trinajstić information content (AvgIpc) is 2.75. The van der Waals surface area contributed by atoms with Crippen LogP contribution in [0.4, 0.5) is 0 Å². The van der Waals surface area contributed by atoms with Gasteiger partial charge in [0, 0.05) is 26.2 Å². The van der Waals surface area contributed by atoms with Crippen LogP contribution >= 0.6 is 0 Å². The molecule has 3 rings (SSSR count). The Morgan fingerprint density at radius 1 is 1.11 bits per heavy atom. The Hall–Kier alpha value is -3.02. The molecular weight excluding hydrogens is 352 g/mol. The minimum atomic E-state index is -0.0939. The highest BCUT2D eigenvalue weighted by atomic mass is 16.5. The second-order valence-electron chi connectivity index (χ2n) is 6.74. The van der Waals surface area contributed by atoms with Gasteiger partial charge in [-0.25, -0.2) is 4.99 Å². The van der Waals surface area contributed by atoms with Crippen LogP contribution in [0.2, 0.25) is 0 Å². The highest BCUT2D eigenvalue weighted by Gasteiger charge is 2.18. The van der Waals surface area contributed by atoms with Crippen molar-refractivity contribution in [2.45, 2.75) is 26.4 Å². The number of carbonyl (C=O) groups is 1. The molecule has 0 saturated carbocycles. The molecule has 0 radical (unpaired) electrons. The summed E-state index contributed by atoms with van der Waals surface area (Å²) in [7, 11) is 1.64. The Kier molecular flexibility index (Phi) is 6.89. The molecule has 1 aliphatic heterocycles. The van der Waals surface area contributed by atoms with Gasteiger partial charge in [0.05, 0.1) is 7.11 Å². The number of amides is 1. The Morgan fingerprint density at radius 2 is 1.86 bits per heavy atom. The molecule has 1 heterocycles. The van der Waals surface area contributed by atoms with Gasteiger partial charge < -0.3 is 20.3 Å². The Morgan fingerprint density at radius 3 is 2.57 bits per heavy atom. The second kappa shape index (κ2) is 9.78. The predicted molar refractivity (Wildman–Crippen MR) is 111 cm³/mol. The number of aliphatic imine (C=N–C) groups is 1. The third-order valence-corrected chi connectivity index (χ3v) is 4.79. The zero-order chi connectivity index (χ0) is 19.8. The maximum Gasteiger partial charge on any atom is 0.242 e. The third-order valence-electron chi connectivity index (χ3n) is 4.79. The number of nitrogens with zero attached hydrogens (tertiary/aromatic N) is 2. The monoisotopic (exact) mass is 380 g/mol. The number of fused-ring (bicyclic) bond motifs is 1. The lowest BCUT2D eigenvalue weighted by Crippen LogP contribution is -2.44. The molecule has 148 valence electrons. The summed E-state index contributed by atoms with van der Waals surface area (Å²) < 4.78 is 5.15. The molecule has 6 heteroatoms. The maximum absolute atomic E-state index is 12.2. The lowest BCUT2D eigenvalue weighted by atomic mass is 10.0. The molecule has 1 amide bonds. The van der Waals surface area contributed by atoms with Crippen LogP contribution in [0, 0.1) is 0 Å². The Balaban J connectivity index is 1.55. The van der Waals surface area contributed by atoms with Gasteiger partial charge in [0.1, 0.15) is 12.3 Å². The van der Waals surface area contributed by atoms with Gasteiger partial charge in [0.2, 0.25) is 5.91 Å². The molecule has 2 N–H and O–H groups in total. The largest absolute Gasteiger partial charge is 0.497 e. The number of hydrogen-bond acceptors (Lipinski definition) is 3. The highest BCUT2D eigenvalue weighted by Crippen LogP contribution is 2.18. The van der Waals surface area contributed by atoms with E-state index in [-0.39, 0.29) is 12.5 Å². The molecule has 0 fully saturated rings. The average molecular weight is 380 g/mol. The minimum absolute atomic E-state index is 0.0939. The number of benzene rings is 2. The van der Waals surface area contributed by atoms with Crippen molar-refractivity contribution in [2.24, 2.45) is 4.99 Å². The van der Waals surface area contributed by atoms with E-state index in [4.69, 9.17) is 4.74 Å². The zero-order valence-corrected chi connectivity index (χ0v) is 16.6. The lowest BCUT2D eigenvalue weighted by Gasteiger charge is -2.31. The first kappa shape index (κ1) is 19.7. The summed E-state index contributed by atoms with van der Waals surface area (Å²) in [6.07, 6.45) is 0.990. The number of carbonyl (C=O) groups excluding carboxylic acids is 1. The fourth-order valence-corrected chi connectivity index (χ4v) is 3.25. The molecule has 0 saturated heterocycles. The fraction of sp³-hybridized carbons (Fsp3) is 0.364. The first-order valence-electron chi connectivity index (χ1n) is 9.69. The minimum Gasteiger partial charge on any atom is -0.497 e. The van der Waals surface area contributed by atoms with Gasteiger partial charge in [0.25, 0.3) is 0 Å². The normalized spacial score (nSPS) is 13.6. The Bertz CT molecular complexity index is 818. The van der Waals surface area contributed by atoms with Crippen LogP contribution in [0.25, 0.3) is 0 Å². The van der Waals surface area contributed by atoms with Crippen LogP contribution in [-0.4, -0.2) is 43.5 Å². The summed E-state index contributed by atoms with van der Waals surface area (Å²) in [4.78, 5) is 19.0. The second-order valence-corrected chi connectivity index (χ2v) is 6.74. The molecule has 2 aromatic carbocycles. The lowest BCUT2D eigenvalue weighted by molar-refractivity contribution is -0.119. The van der Waals surface area contributed by atoms with Crippen molar-refractivity contribution in [1.82, 2.24) is 15.5 Å². The van der Waals surface area contributed by atoms with Crippen molar-refractivity contribution < 1.29 is 9.53 Å². The summed E-state index contributed by atoms with van der Waals surface area (Å²) in [6, 6.07) is 16.2. The molecule has 0 spiro atoms. The summed E-state index contributed by atoms with van der Waals surface area (Å²) in [5.41, 5.74) is 3.74. The smallest absolute Gasteiger partial charge is 0.242 e. The summed E-state index contributed by atoms with van der Waals surface area (Å²) in [6.45, 7) is 5.11. The molecule has 0 bridgehead atoms. The molecule has 0 aliphatic carbocycles. The first-order valence-corrected chi connectivity index (χ1v) is 9.69. The van der Waals surface area contributed by atoms with Crippen molar-refractivity contribution >= 4 is 11.9 Å². The number of nitrogens with one attached hydrogen (secondary N) is 2.